The number of nitrogens with zero attached hydrogens (tertiary/aromatic N) is 3. The number of fused-ring (bicyclic) bond motifs is 1. The molecule has 36 heavy (non-hydrogen) atoms. The van der Waals surface area contributed by atoms with Crippen molar-refractivity contribution < 1.29 is 18.7 Å². The molecule has 0 saturated carbocycles. The molecule has 1 amide bonds. The van der Waals surface area contributed by atoms with E-state index in [0.29, 0.717) is 33.0 Å². The van der Waals surface area contributed by atoms with Crippen LogP contribution in [0, 0.1) is 5.82 Å². The standard InChI is InChI=1S/C27H18FN3O3S2/c28-20-9-7-18(8-10-20)25-19(15-31(29-25)21-4-2-1-3-5-21)13-24-26(32)30(27(35)36-24)14-17-6-11-22-23(12-17)34-16-33-22/h1-13,15H,14,16H2/b24-13-. The van der Waals surface area contributed by atoms with E-state index in [1.807, 2.05) is 54.7 Å². The fraction of sp³-hybridized carbons (Fsp3) is 0.0741. The molecule has 0 bridgehead atoms. The van der Waals surface area contributed by atoms with E-state index < -0.39 is 0 Å². The van der Waals surface area contributed by atoms with E-state index in [9.17, 15) is 9.18 Å². The predicted octanol–water partition coefficient (Wildman–Crippen LogP) is 5.81. The Morgan fingerprint density at radius 2 is 1.81 bits per heavy atom. The Balaban J connectivity index is 1.33. The average Bonchev–Trinajstić information content (AvgIpc) is 3.60. The van der Waals surface area contributed by atoms with Gasteiger partial charge in [-0.3, -0.25) is 9.69 Å². The topological polar surface area (TPSA) is 56.6 Å². The summed E-state index contributed by atoms with van der Waals surface area (Å²) >= 11 is 6.79. The van der Waals surface area contributed by atoms with Crippen LogP contribution in [0.25, 0.3) is 23.0 Å². The number of aromatic nitrogens is 2. The van der Waals surface area contributed by atoms with Crippen LogP contribution in [-0.4, -0.2) is 31.7 Å². The van der Waals surface area contributed by atoms with E-state index in [0.717, 1.165) is 22.4 Å². The second kappa shape index (κ2) is 9.25. The van der Waals surface area contributed by atoms with Gasteiger partial charge < -0.3 is 9.47 Å². The Hall–Kier alpha value is -3.95. The summed E-state index contributed by atoms with van der Waals surface area (Å²) in [5, 5.41) is 4.74. The lowest BCUT2D eigenvalue weighted by atomic mass is 10.1. The van der Waals surface area contributed by atoms with Crippen molar-refractivity contribution in [3.8, 4) is 28.4 Å². The Kier molecular flexibility index (Phi) is 5.79. The summed E-state index contributed by atoms with van der Waals surface area (Å²) in [6, 6.07) is 21.4. The molecule has 1 aromatic heterocycles. The Labute approximate surface area is 215 Å². The highest BCUT2D eigenvalue weighted by atomic mass is 32.2. The summed E-state index contributed by atoms with van der Waals surface area (Å²) in [6.45, 7) is 0.516. The highest BCUT2D eigenvalue weighted by molar-refractivity contribution is 8.26. The molecular weight excluding hydrogens is 497 g/mol. The van der Waals surface area contributed by atoms with Crippen LogP contribution in [0.2, 0.25) is 0 Å². The minimum atomic E-state index is -0.327. The molecule has 0 atom stereocenters. The fourth-order valence-electron chi connectivity index (χ4n) is 4.04. The highest BCUT2D eigenvalue weighted by Crippen LogP contribution is 2.37. The van der Waals surface area contributed by atoms with Crippen molar-refractivity contribution in [1.82, 2.24) is 14.7 Å². The highest BCUT2D eigenvalue weighted by Gasteiger charge is 2.33. The molecule has 1 fully saturated rings. The molecule has 178 valence electrons. The SMILES string of the molecule is O=C1/C(=C/c2cn(-c3ccccc3)nc2-c2ccc(F)cc2)SC(=S)N1Cc1ccc2c(c1)OCO2. The lowest BCUT2D eigenvalue weighted by Crippen LogP contribution is -2.27. The number of ether oxygens (including phenoxy) is 2. The fourth-order valence-corrected chi connectivity index (χ4v) is 5.28. The number of amides is 1. The van der Waals surface area contributed by atoms with Gasteiger partial charge in [0, 0.05) is 17.3 Å². The molecule has 4 aromatic rings. The Bertz CT molecular complexity index is 1520. The van der Waals surface area contributed by atoms with Crippen LogP contribution in [0.4, 0.5) is 4.39 Å². The van der Waals surface area contributed by atoms with Gasteiger partial charge in [0.1, 0.15) is 10.1 Å². The maximum absolute atomic E-state index is 13.6. The zero-order valence-electron chi connectivity index (χ0n) is 18.8. The number of para-hydroxylation sites is 1. The molecule has 2 aliphatic rings. The minimum absolute atomic E-state index is 0.180. The van der Waals surface area contributed by atoms with E-state index in [2.05, 4.69) is 0 Å². The maximum atomic E-state index is 13.6. The zero-order chi connectivity index (χ0) is 24.6. The van der Waals surface area contributed by atoms with Gasteiger partial charge in [0.25, 0.3) is 5.91 Å². The third kappa shape index (κ3) is 4.27. The van der Waals surface area contributed by atoms with Crippen LogP contribution in [0.3, 0.4) is 0 Å². The van der Waals surface area contributed by atoms with Crippen LogP contribution < -0.4 is 9.47 Å². The largest absolute Gasteiger partial charge is 0.454 e. The molecule has 0 N–H and O–H groups in total. The van der Waals surface area contributed by atoms with Crippen LogP contribution >= 0.6 is 24.0 Å². The molecule has 9 heteroatoms. The summed E-state index contributed by atoms with van der Waals surface area (Å²) in [5.41, 5.74) is 3.87. The van der Waals surface area contributed by atoms with Crippen molar-refractivity contribution in [3.63, 3.8) is 0 Å². The molecule has 0 unspecified atom stereocenters. The van der Waals surface area contributed by atoms with Crippen LogP contribution in [0.5, 0.6) is 11.5 Å². The lowest BCUT2D eigenvalue weighted by molar-refractivity contribution is -0.122. The molecule has 6 nitrogen and oxygen atoms in total. The summed E-state index contributed by atoms with van der Waals surface area (Å²) in [5.74, 6) is 0.839. The first-order valence-corrected chi connectivity index (χ1v) is 12.3. The molecular formula is C27H18FN3O3S2. The van der Waals surface area contributed by atoms with Gasteiger partial charge in [-0.2, -0.15) is 5.10 Å². The van der Waals surface area contributed by atoms with Crippen molar-refractivity contribution >= 4 is 40.3 Å². The molecule has 0 aliphatic carbocycles. The number of thioether (sulfide) groups is 1. The minimum Gasteiger partial charge on any atom is -0.454 e. The number of hydrogen-bond donors (Lipinski definition) is 0. The first kappa shape index (κ1) is 22.5. The Morgan fingerprint density at radius 3 is 2.61 bits per heavy atom. The van der Waals surface area contributed by atoms with Crippen molar-refractivity contribution in [3.05, 3.63) is 101 Å². The van der Waals surface area contributed by atoms with Crippen molar-refractivity contribution in [2.45, 2.75) is 6.54 Å². The van der Waals surface area contributed by atoms with Gasteiger partial charge in [-0.15, -0.1) is 0 Å². The van der Waals surface area contributed by atoms with Crippen molar-refractivity contribution in [2.24, 2.45) is 0 Å². The molecule has 2 aliphatic heterocycles. The third-order valence-electron chi connectivity index (χ3n) is 5.82. The lowest BCUT2D eigenvalue weighted by Gasteiger charge is -2.14. The molecule has 1 saturated heterocycles. The number of thiocarbonyl (C=S) groups is 1. The van der Waals surface area contributed by atoms with Crippen LogP contribution in [0.15, 0.2) is 83.9 Å². The zero-order valence-corrected chi connectivity index (χ0v) is 20.4. The van der Waals surface area contributed by atoms with E-state index in [1.54, 1.807) is 27.8 Å². The van der Waals surface area contributed by atoms with Gasteiger partial charge in [-0.05, 0) is 60.2 Å². The molecule has 0 spiro atoms. The van der Waals surface area contributed by atoms with Gasteiger partial charge in [0.15, 0.2) is 11.5 Å². The average molecular weight is 516 g/mol. The quantitative estimate of drug-likeness (QED) is 0.247. The summed E-state index contributed by atoms with van der Waals surface area (Å²) < 4.78 is 26.6. The third-order valence-corrected chi connectivity index (χ3v) is 7.20. The van der Waals surface area contributed by atoms with E-state index >= 15 is 0 Å². The smallest absolute Gasteiger partial charge is 0.266 e. The number of hydrogen-bond acceptors (Lipinski definition) is 6. The van der Waals surface area contributed by atoms with Crippen molar-refractivity contribution in [2.75, 3.05) is 6.79 Å². The normalized spacial score (nSPS) is 15.8. The second-order valence-corrected chi connectivity index (χ2v) is 9.85. The number of halogens is 1. The van der Waals surface area contributed by atoms with E-state index in [-0.39, 0.29) is 18.5 Å². The molecule has 3 heterocycles. The first-order chi connectivity index (χ1) is 17.5. The number of rotatable bonds is 5. The Morgan fingerprint density at radius 1 is 1.03 bits per heavy atom. The van der Waals surface area contributed by atoms with E-state index in [4.69, 9.17) is 26.8 Å². The van der Waals surface area contributed by atoms with Gasteiger partial charge in [0.05, 0.1) is 22.8 Å². The maximum Gasteiger partial charge on any atom is 0.266 e. The van der Waals surface area contributed by atoms with Crippen LogP contribution in [-0.2, 0) is 11.3 Å². The number of carbonyl (C=O) groups excluding carboxylic acids is 1. The van der Waals surface area contributed by atoms with Gasteiger partial charge >= 0.3 is 0 Å². The van der Waals surface area contributed by atoms with Gasteiger partial charge in [-0.1, -0.05) is 48.2 Å². The first-order valence-electron chi connectivity index (χ1n) is 11.1. The van der Waals surface area contributed by atoms with Crippen LogP contribution in [0.1, 0.15) is 11.1 Å². The van der Waals surface area contributed by atoms with E-state index in [1.165, 1.54) is 23.9 Å². The second-order valence-electron chi connectivity index (χ2n) is 8.18. The predicted molar refractivity (Wildman–Crippen MR) is 140 cm³/mol. The summed E-state index contributed by atoms with van der Waals surface area (Å²) in [6.07, 6.45) is 3.66. The molecule has 0 radical (unpaired) electrons. The monoisotopic (exact) mass is 515 g/mol. The molecule has 6 rings (SSSR count). The number of carbonyl (C=O) groups is 1. The van der Waals surface area contributed by atoms with Gasteiger partial charge in [0.2, 0.25) is 6.79 Å². The van der Waals surface area contributed by atoms with Crippen molar-refractivity contribution in [1.29, 1.82) is 0 Å². The summed E-state index contributed by atoms with van der Waals surface area (Å²) in [4.78, 5) is 15.4. The number of benzene rings is 3. The summed E-state index contributed by atoms with van der Waals surface area (Å²) in [7, 11) is 0. The molecule has 3 aromatic carbocycles. The van der Waals surface area contributed by atoms with Gasteiger partial charge in [-0.25, -0.2) is 9.07 Å².